The normalized spacial score (nSPS) is 27.6. The fourth-order valence-electron chi connectivity index (χ4n) is 3.74. The average molecular weight is 293 g/mol. The van der Waals surface area contributed by atoms with Gasteiger partial charge in [-0.3, -0.25) is 9.80 Å². The van der Waals surface area contributed by atoms with E-state index in [0.29, 0.717) is 0 Å². The molecule has 2 aliphatic rings. The van der Waals surface area contributed by atoms with E-state index in [0.717, 1.165) is 12.1 Å². The zero-order valence-corrected chi connectivity index (χ0v) is 13.8. The Morgan fingerprint density at radius 2 is 1.85 bits per heavy atom. The number of nitrogens with zero attached hydrogens (tertiary/aromatic N) is 3. The van der Waals surface area contributed by atoms with E-state index < -0.39 is 0 Å². The van der Waals surface area contributed by atoms with Gasteiger partial charge in [0.15, 0.2) is 0 Å². The third kappa shape index (κ3) is 3.08. The molecule has 0 amide bonds. The molecule has 0 bridgehead atoms. The van der Waals surface area contributed by atoms with E-state index in [9.17, 15) is 0 Å². The van der Waals surface area contributed by atoms with E-state index in [2.05, 4.69) is 47.9 Å². The van der Waals surface area contributed by atoms with E-state index in [1.165, 1.54) is 55.3 Å². The highest BCUT2D eigenvalue weighted by Crippen LogP contribution is 2.33. The van der Waals surface area contributed by atoms with Crippen LogP contribution in [0.1, 0.15) is 22.6 Å². The molecule has 112 valence electrons. The van der Waals surface area contributed by atoms with Crippen molar-refractivity contribution in [1.82, 2.24) is 14.7 Å². The molecular formula is C16H27N3S. The molecule has 1 aromatic heterocycles. The van der Waals surface area contributed by atoms with Crippen LogP contribution in [-0.2, 0) is 6.54 Å². The van der Waals surface area contributed by atoms with Crippen molar-refractivity contribution in [2.24, 2.45) is 0 Å². The number of hydrogen-bond donors (Lipinski definition) is 0. The maximum Gasteiger partial charge on any atom is 0.0331 e. The molecule has 2 saturated heterocycles. The van der Waals surface area contributed by atoms with Crippen LogP contribution in [0.25, 0.3) is 0 Å². The van der Waals surface area contributed by atoms with Gasteiger partial charge in [0.25, 0.3) is 0 Å². The third-order valence-electron chi connectivity index (χ3n) is 4.80. The maximum atomic E-state index is 2.73. The molecule has 2 fully saturated rings. The van der Waals surface area contributed by atoms with Crippen molar-refractivity contribution in [2.45, 2.75) is 38.4 Å². The van der Waals surface area contributed by atoms with Crippen molar-refractivity contribution < 1.29 is 0 Å². The first-order chi connectivity index (χ1) is 9.63. The summed E-state index contributed by atoms with van der Waals surface area (Å²) in [6.07, 6.45) is 2.73. The quantitative estimate of drug-likeness (QED) is 0.824. The Hall–Kier alpha value is -0.420. The molecule has 2 aliphatic heterocycles. The Morgan fingerprint density at radius 3 is 2.50 bits per heavy atom. The second-order valence-corrected chi connectivity index (χ2v) is 7.91. The highest BCUT2D eigenvalue weighted by Gasteiger charge is 2.41. The van der Waals surface area contributed by atoms with Gasteiger partial charge in [-0.05, 0) is 46.0 Å². The van der Waals surface area contributed by atoms with Crippen molar-refractivity contribution in [3.63, 3.8) is 0 Å². The lowest BCUT2D eigenvalue weighted by Gasteiger charge is -2.26. The molecule has 0 N–H and O–H groups in total. The summed E-state index contributed by atoms with van der Waals surface area (Å²) < 4.78 is 0. The van der Waals surface area contributed by atoms with Gasteiger partial charge in [-0.15, -0.1) is 11.3 Å². The fourth-order valence-corrected chi connectivity index (χ4v) is 4.65. The van der Waals surface area contributed by atoms with Crippen LogP contribution in [0.3, 0.4) is 0 Å². The monoisotopic (exact) mass is 293 g/mol. The molecule has 0 aromatic carbocycles. The first kappa shape index (κ1) is 14.5. The van der Waals surface area contributed by atoms with Crippen LogP contribution in [-0.4, -0.2) is 67.1 Å². The third-order valence-corrected chi connectivity index (χ3v) is 5.78. The Labute approximate surface area is 127 Å². The van der Waals surface area contributed by atoms with Crippen LogP contribution in [0, 0.1) is 6.92 Å². The molecule has 0 radical (unpaired) electrons. The molecule has 3 heterocycles. The van der Waals surface area contributed by atoms with Crippen LogP contribution in [0.4, 0.5) is 0 Å². The summed E-state index contributed by atoms with van der Waals surface area (Å²) in [7, 11) is 4.35. The summed E-state index contributed by atoms with van der Waals surface area (Å²) in [5.41, 5.74) is 0. The molecule has 3 nitrogen and oxygen atoms in total. The SMILES string of the molecule is Cc1ccc(CN2CC[C@@H]3[C@@H]2CCN3CCN(C)C)s1. The van der Waals surface area contributed by atoms with Gasteiger partial charge in [-0.1, -0.05) is 0 Å². The number of likely N-dealkylation sites (tertiary alicyclic amines) is 2. The summed E-state index contributed by atoms with van der Waals surface area (Å²) in [6.45, 7) is 8.38. The molecule has 0 aliphatic carbocycles. The molecule has 0 unspecified atom stereocenters. The zero-order valence-electron chi connectivity index (χ0n) is 13.0. The summed E-state index contributed by atoms with van der Waals surface area (Å²) in [6, 6.07) is 6.19. The van der Waals surface area contributed by atoms with Crippen molar-refractivity contribution in [3.8, 4) is 0 Å². The minimum Gasteiger partial charge on any atom is -0.308 e. The second-order valence-electron chi connectivity index (χ2n) is 6.53. The second kappa shape index (κ2) is 6.14. The summed E-state index contributed by atoms with van der Waals surface area (Å²) >= 11 is 1.96. The van der Waals surface area contributed by atoms with Gasteiger partial charge in [0.1, 0.15) is 0 Å². The number of thiophene rings is 1. The summed E-state index contributed by atoms with van der Waals surface area (Å²) in [4.78, 5) is 10.7. The lowest BCUT2D eigenvalue weighted by Crippen LogP contribution is -2.39. The lowest BCUT2D eigenvalue weighted by atomic mass is 10.1. The maximum absolute atomic E-state index is 2.73. The number of aryl methyl sites for hydroxylation is 1. The number of likely N-dealkylation sites (N-methyl/N-ethyl adjacent to an activating group) is 1. The largest absolute Gasteiger partial charge is 0.308 e. The van der Waals surface area contributed by atoms with Crippen molar-refractivity contribution in [2.75, 3.05) is 40.3 Å². The smallest absolute Gasteiger partial charge is 0.0331 e. The standard InChI is InChI=1S/C16H27N3S/c1-13-4-5-14(20-13)12-19-9-7-15-16(19)6-8-18(15)11-10-17(2)3/h4-5,15-16H,6-12H2,1-3H3/t15-,16+/m1/s1. The molecule has 0 spiro atoms. The minimum absolute atomic E-state index is 0.805. The molecular weight excluding hydrogens is 266 g/mol. The average Bonchev–Trinajstić information content (AvgIpc) is 3.06. The Kier molecular flexibility index (Phi) is 4.46. The van der Waals surface area contributed by atoms with E-state index in [4.69, 9.17) is 0 Å². The lowest BCUT2D eigenvalue weighted by molar-refractivity contribution is 0.205. The predicted octanol–water partition coefficient (Wildman–Crippen LogP) is 2.27. The topological polar surface area (TPSA) is 9.72 Å². The van der Waals surface area contributed by atoms with Gasteiger partial charge in [0.2, 0.25) is 0 Å². The van der Waals surface area contributed by atoms with Crippen LogP contribution in [0.15, 0.2) is 12.1 Å². The Balaban J connectivity index is 1.56. The van der Waals surface area contributed by atoms with Gasteiger partial charge in [0.05, 0.1) is 0 Å². The van der Waals surface area contributed by atoms with Gasteiger partial charge in [-0.2, -0.15) is 0 Å². The number of hydrogen-bond acceptors (Lipinski definition) is 4. The van der Waals surface area contributed by atoms with Crippen LogP contribution >= 0.6 is 11.3 Å². The minimum atomic E-state index is 0.805. The molecule has 3 rings (SSSR count). The van der Waals surface area contributed by atoms with Crippen LogP contribution in [0.5, 0.6) is 0 Å². The molecule has 20 heavy (non-hydrogen) atoms. The van der Waals surface area contributed by atoms with Crippen molar-refractivity contribution in [3.05, 3.63) is 21.9 Å². The van der Waals surface area contributed by atoms with Crippen LogP contribution in [0.2, 0.25) is 0 Å². The van der Waals surface area contributed by atoms with Gasteiger partial charge in [0, 0.05) is 54.6 Å². The van der Waals surface area contributed by atoms with Gasteiger partial charge < -0.3 is 4.90 Å². The van der Waals surface area contributed by atoms with E-state index >= 15 is 0 Å². The van der Waals surface area contributed by atoms with E-state index in [-0.39, 0.29) is 0 Å². The molecule has 2 atom stereocenters. The van der Waals surface area contributed by atoms with E-state index in [1.807, 2.05) is 11.3 Å². The molecule has 0 saturated carbocycles. The molecule has 4 heteroatoms. The number of rotatable bonds is 5. The molecule has 1 aromatic rings. The Morgan fingerprint density at radius 1 is 1.15 bits per heavy atom. The van der Waals surface area contributed by atoms with Crippen molar-refractivity contribution in [1.29, 1.82) is 0 Å². The zero-order chi connectivity index (χ0) is 14.1. The van der Waals surface area contributed by atoms with E-state index in [1.54, 1.807) is 0 Å². The van der Waals surface area contributed by atoms with Gasteiger partial charge in [-0.25, -0.2) is 0 Å². The van der Waals surface area contributed by atoms with Gasteiger partial charge >= 0.3 is 0 Å². The number of fused-ring (bicyclic) bond motifs is 1. The summed E-state index contributed by atoms with van der Waals surface area (Å²) in [5, 5.41) is 0. The Bertz CT molecular complexity index is 443. The predicted molar refractivity (Wildman–Crippen MR) is 86.4 cm³/mol. The van der Waals surface area contributed by atoms with Crippen molar-refractivity contribution >= 4 is 11.3 Å². The summed E-state index contributed by atoms with van der Waals surface area (Å²) in [5.74, 6) is 0. The highest BCUT2D eigenvalue weighted by molar-refractivity contribution is 7.11. The highest BCUT2D eigenvalue weighted by atomic mass is 32.1. The fraction of sp³-hybridized carbons (Fsp3) is 0.750. The first-order valence-corrected chi connectivity index (χ1v) is 8.63. The van der Waals surface area contributed by atoms with Crippen LogP contribution < -0.4 is 0 Å². The first-order valence-electron chi connectivity index (χ1n) is 7.81.